The zero-order chi connectivity index (χ0) is 17.8. The molecule has 1 atom stereocenters. The smallest absolute Gasteiger partial charge is 0.330 e. The number of aliphatic hydroxyl groups excluding tert-OH is 1. The van der Waals surface area contributed by atoms with E-state index in [1.165, 1.54) is 0 Å². The lowest BCUT2D eigenvalue weighted by atomic mass is 10.2. The standard InChI is InChI=1S/C8H14O2.C7H16NO3P/c1-3-4-5-6-7(2)8(9)10;1-5-11-12(10)7(9)6-8(2,3)4/h6H,3-5H2,1-2H3,(H,9,10);5-6H2,1-4H3/p+1. The van der Waals surface area contributed by atoms with E-state index in [0.29, 0.717) is 23.2 Å². The molecule has 0 aromatic rings. The number of hydrogen-bond donors (Lipinski definition) is 2. The summed E-state index contributed by atoms with van der Waals surface area (Å²) in [5.41, 5.74) is 0.382. The van der Waals surface area contributed by atoms with E-state index in [-0.39, 0.29) is 5.48 Å². The predicted molar refractivity (Wildman–Crippen MR) is 89.3 cm³/mol. The summed E-state index contributed by atoms with van der Waals surface area (Å²) < 4.78 is 5.30. The van der Waals surface area contributed by atoms with Gasteiger partial charge in [0.05, 0.1) is 27.7 Å². The molecule has 22 heavy (non-hydrogen) atoms. The summed E-state index contributed by atoms with van der Waals surface area (Å²) in [7, 11) is 3.72. The molecule has 2 N–H and O–H groups in total. The Morgan fingerprint density at radius 2 is 1.82 bits per heavy atom. The predicted octanol–water partition coefficient (Wildman–Crippen LogP) is 2.11. The quantitative estimate of drug-likeness (QED) is 0.307. The highest BCUT2D eigenvalue weighted by atomic mass is 31.1. The fraction of sp³-hybridized carbons (Fsp3) is 0.733. The Labute approximate surface area is 135 Å². The first kappa shape index (κ1) is 23.5. The summed E-state index contributed by atoms with van der Waals surface area (Å²) in [6.07, 6.45) is 4.84. The topological polar surface area (TPSA) is 89.8 Å². The van der Waals surface area contributed by atoms with Crippen LogP contribution in [0.25, 0.3) is 0 Å². The van der Waals surface area contributed by atoms with Crippen molar-refractivity contribution >= 4 is 19.4 Å². The summed E-state index contributed by atoms with van der Waals surface area (Å²) in [6.45, 7) is 6.17. The van der Waals surface area contributed by atoms with E-state index < -0.39 is 14.0 Å². The minimum Gasteiger partial charge on any atom is -0.601 e. The van der Waals surface area contributed by atoms with Gasteiger partial charge in [0.1, 0.15) is 0 Å². The molecule has 0 saturated heterocycles. The average Bonchev–Trinajstić information content (AvgIpc) is 2.37. The van der Waals surface area contributed by atoms with Gasteiger partial charge in [-0.15, -0.1) is 0 Å². The van der Waals surface area contributed by atoms with Crippen LogP contribution in [0.5, 0.6) is 0 Å². The number of aliphatic carboxylic acids is 1. The lowest BCUT2D eigenvalue weighted by Crippen LogP contribution is -2.39. The van der Waals surface area contributed by atoms with E-state index in [1.54, 1.807) is 19.9 Å². The number of carbonyl (C=O) groups is 1. The molecular weight excluding hydrogens is 305 g/mol. The van der Waals surface area contributed by atoms with Gasteiger partial charge in [-0.2, -0.15) is 4.52 Å². The molecule has 7 heteroatoms. The van der Waals surface area contributed by atoms with Gasteiger partial charge in [-0.1, -0.05) is 25.8 Å². The fourth-order valence-electron chi connectivity index (χ4n) is 1.28. The fourth-order valence-corrected chi connectivity index (χ4v) is 2.21. The van der Waals surface area contributed by atoms with Gasteiger partial charge in [0, 0.05) is 5.57 Å². The summed E-state index contributed by atoms with van der Waals surface area (Å²) in [5, 5.41) is 17.7. The van der Waals surface area contributed by atoms with Crippen LogP contribution in [0, 0.1) is 0 Å². The van der Waals surface area contributed by atoms with Crippen LogP contribution in [0.4, 0.5) is 0 Å². The molecule has 0 radical (unpaired) electrons. The van der Waals surface area contributed by atoms with Crippen molar-refractivity contribution in [3.8, 4) is 0 Å². The zero-order valence-electron chi connectivity index (χ0n) is 14.6. The molecule has 0 aliphatic carbocycles. The molecule has 130 valence electrons. The highest BCUT2D eigenvalue weighted by Crippen LogP contribution is 2.14. The van der Waals surface area contributed by atoms with Gasteiger partial charge in [-0.25, -0.2) is 4.79 Å². The Morgan fingerprint density at radius 3 is 2.18 bits per heavy atom. The van der Waals surface area contributed by atoms with E-state index in [2.05, 4.69) is 6.92 Å². The van der Waals surface area contributed by atoms with E-state index in [4.69, 9.17) is 9.63 Å². The number of carboxylic acids is 1. The van der Waals surface area contributed by atoms with Crippen molar-refractivity contribution in [3.05, 3.63) is 11.6 Å². The van der Waals surface area contributed by atoms with Crippen molar-refractivity contribution in [2.24, 2.45) is 0 Å². The van der Waals surface area contributed by atoms with Crippen molar-refractivity contribution in [1.82, 2.24) is 0 Å². The maximum atomic E-state index is 11.0. The van der Waals surface area contributed by atoms with Gasteiger partial charge in [-0.05, 0) is 20.3 Å². The highest BCUT2D eigenvalue weighted by Gasteiger charge is 2.17. The van der Waals surface area contributed by atoms with Gasteiger partial charge in [-0.3, -0.25) is 0 Å². The number of aliphatic hydroxyl groups is 1. The summed E-state index contributed by atoms with van der Waals surface area (Å²) in [5.74, 6) is -0.809. The van der Waals surface area contributed by atoms with Crippen LogP contribution in [-0.4, -0.2) is 60.4 Å². The van der Waals surface area contributed by atoms with Crippen LogP contribution < -0.4 is 4.89 Å². The monoisotopic (exact) mass is 336 g/mol. The number of quaternary nitrogens is 1. The largest absolute Gasteiger partial charge is 0.601 e. The van der Waals surface area contributed by atoms with Crippen LogP contribution in [0.3, 0.4) is 0 Å². The van der Waals surface area contributed by atoms with Crippen LogP contribution in [0.15, 0.2) is 11.6 Å². The van der Waals surface area contributed by atoms with E-state index in [9.17, 15) is 14.8 Å². The van der Waals surface area contributed by atoms with Crippen LogP contribution in [0.2, 0.25) is 0 Å². The van der Waals surface area contributed by atoms with Crippen LogP contribution in [-0.2, 0) is 9.32 Å². The van der Waals surface area contributed by atoms with Gasteiger partial charge in [0.25, 0.3) is 8.00 Å². The highest BCUT2D eigenvalue weighted by molar-refractivity contribution is 7.46. The second-order valence-corrected chi connectivity index (χ2v) is 7.16. The minimum atomic E-state index is -2.00. The molecule has 6 nitrogen and oxygen atoms in total. The normalized spacial score (nSPS) is 13.2. The lowest BCUT2D eigenvalue weighted by Gasteiger charge is -2.21. The number of nitrogens with zero attached hydrogens (tertiary/aromatic N) is 1. The zero-order valence-corrected chi connectivity index (χ0v) is 15.5. The van der Waals surface area contributed by atoms with Crippen LogP contribution >= 0.6 is 8.00 Å². The van der Waals surface area contributed by atoms with E-state index in [1.807, 2.05) is 21.1 Å². The SMILES string of the molecule is CCCCC=C(C)C(=O)O.CCO/[P+]([O-])=C(\O)C[N+](C)(C)C. The molecule has 0 aromatic heterocycles. The number of carboxylic acid groups (broad SMARTS) is 1. The molecule has 0 aromatic carbocycles. The maximum Gasteiger partial charge on any atom is 0.330 e. The number of likely N-dealkylation sites (N-methyl/N-ethyl adjacent to an activating group) is 1. The number of hydrogen-bond acceptors (Lipinski definition) is 3. The van der Waals surface area contributed by atoms with E-state index >= 15 is 0 Å². The second-order valence-electron chi connectivity index (χ2n) is 5.87. The molecule has 0 aliphatic rings. The van der Waals surface area contributed by atoms with Crippen molar-refractivity contribution in [3.63, 3.8) is 0 Å². The Morgan fingerprint density at radius 1 is 1.27 bits per heavy atom. The number of unbranched alkanes of at least 4 members (excludes halogenated alkanes) is 2. The van der Waals surface area contributed by atoms with Crippen molar-refractivity contribution < 1.29 is 28.9 Å². The Kier molecular flexibility index (Phi) is 13.6. The first-order valence-corrected chi connectivity index (χ1v) is 8.58. The lowest BCUT2D eigenvalue weighted by molar-refractivity contribution is -0.861. The Hall–Kier alpha value is -0.780. The average molecular weight is 336 g/mol. The van der Waals surface area contributed by atoms with Gasteiger partial charge < -0.3 is 19.6 Å². The molecule has 0 heterocycles. The van der Waals surface area contributed by atoms with Crippen molar-refractivity contribution in [2.45, 2.75) is 40.0 Å². The molecule has 0 aliphatic heterocycles. The van der Waals surface area contributed by atoms with Crippen LogP contribution in [0.1, 0.15) is 40.0 Å². The minimum absolute atomic E-state index is 0.0700. The maximum absolute atomic E-state index is 11.0. The first-order valence-electron chi connectivity index (χ1n) is 7.40. The van der Waals surface area contributed by atoms with Gasteiger partial charge in [0.2, 0.25) is 0 Å². The van der Waals surface area contributed by atoms with Crippen molar-refractivity contribution in [1.29, 1.82) is 0 Å². The Bertz CT molecular complexity index is 386. The van der Waals surface area contributed by atoms with E-state index in [0.717, 1.165) is 19.3 Å². The molecule has 0 bridgehead atoms. The molecule has 0 spiro atoms. The summed E-state index contributed by atoms with van der Waals surface area (Å²) in [6, 6.07) is 0. The third-order valence-electron chi connectivity index (χ3n) is 2.42. The first-order chi connectivity index (χ1) is 10.0. The van der Waals surface area contributed by atoms with Gasteiger partial charge in [0.15, 0.2) is 6.54 Å². The molecule has 0 fully saturated rings. The molecular formula is C15H31NO5P+. The molecule has 0 amide bonds. The number of allylic oxidation sites excluding steroid dienone is 1. The summed E-state index contributed by atoms with van der Waals surface area (Å²) >= 11 is 0. The molecule has 0 saturated carbocycles. The molecule has 1 unspecified atom stereocenters. The second kappa shape index (κ2) is 12.7. The molecule has 0 rings (SSSR count). The van der Waals surface area contributed by atoms with Crippen molar-refractivity contribution in [2.75, 3.05) is 34.3 Å². The third kappa shape index (κ3) is 15.6. The number of rotatable bonds is 8. The summed E-state index contributed by atoms with van der Waals surface area (Å²) in [4.78, 5) is 21.3. The Balaban J connectivity index is 0. The third-order valence-corrected chi connectivity index (χ3v) is 3.47. The van der Waals surface area contributed by atoms with Gasteiger partial charge >= 0.3 is 11.4 Å².